The van der Waals surface area contributed by atoms with Gasteiger partial charge in [0.05, 0.1) is 24.4 Å². The third-order valence-electron chi connectivity index (χ3n) is 3.07. The van der Waals surface area contributed by atoms with Crippen molar-refractivity contribution in [1.29, 1.82) is 0 Å². The van der Waals surface area contributed by atoms with Gasteiger partial charge in [0.25, 0.3) is 0 Å². The highest BCUT2D eigenvalue weighted by Gasteiger charge is 2.36. The normalized spacial score (nSPS) is 27.7. The van der Waals surface area contributed by atoms with Gasteiger partial charge in [0, 0.05) is 19.5 Å². The van der Waals surface area contributed by atoms with Crippen LogP contribution in [-0.4, -0.2) is 53.2 Å². The first-order valence-corrected chi connectivity index (χ1v) is 5.95. The van der Waals surface area contributed by atoms with Gasteiger partial charge in [0.1, 0.15) is 5.78 Å². The zero-order valence-corrected chi connectivity index (χ0v) is 10.7. The van der Waals surface area contributed by atoms with Crippen LogP contribution < -0.4 is 0 Å². The highest BCUT2D eigenvalue weighted by molar-refractivity contribution is 5.83. The van der Waals surface area contributed by atoms with E-state index in [1.165, 1.54) is 0 Å². The molecule has 0 spiro atoms. The zero-order valence-electron chi connectivity index (χ0n) is 10.7. The van der Waals surface area contributed by atoms with Crippen LogP contribution in [0.3, 0.4) is 0 Å². The number of hydrogen-bond donors (Lipinski definition) is 1. The van der Waals surface area contributed by atoms with Crippen LogP contribution >= 0.6 is 0 Å². The number of aliphatic hydroxyl groups is 1. The van der Waals surface area contributed by atoms with Crippen LogP contribution in [-0.2, 0) is 9.53 Å². The lowest BCUT2D eigenvalue weighted by molar-refractivity contribution is -0.160. The van der Waals surface area contributed by atoms with Gasteiger partial charge in [0.2, 0.25) is 0 Å². The summed E-state index contributed by atoms with van der Waals surface area (Å²) in [4.78, 5) is 13.8. The maximum atomic E-state index is 11.7. The second-order valence-electron chi connectivity index (χ2n) is 5.11. The summed E-state index contributed by atoms with van der Waals surface area (Å²) in [6, 6.07) is -0.0813. The smallest absolute Gasteiger partial charge is 0.149 e. The fourth-order valence-corrected chi connectivity index (χ4v) is 2.23. The second-order valence-corrected chi connectivity index (χ2v) is 5.11. The number of ether oxygens (including phenoxy) is 1. The first-order valence-electron chi connectivity index (χ1n) is 5.95. The molecule has 0 saturated carbocycles. The summed E-state index contributed by atoms with van der Waals surface area (Å²) in [6.45, 7) is 9.17. The second kappa shape index (κ2) is 5.25. The molecular weight excluding hydrogens is 206 g/mol. The summed E-state index contributed by atoms with van der Waals surface area (Å²) in [5.41, 5.74) is -0.298. The highest BCUT2D eigenvalue weighted by atomic mass is 16.5. The maximum absolute atomic E-state index is 11.7. The van der Waals surface area contributed by atoms with Crippen molar-refractivity contribution in [3.05, 3.63) is 0 Å². The maximum Gasteiger partial charge on any atom is 0.149 e. The van der Waals surface area contributed by atoms with Gasteiger partial charge in [-0.1, -0.05) is 6.92 Å². The number of morpholine rings is 1. The largest absolute Gasteiger partial charge is 0.394 e. The number of rotatable bonds is 4. The molecule has 1 heterocycles. The molecule has 0 aliphatic carbocycles. The molecule has 1 N–H and O–H groups in total. The standard InChI is InChI=1S/C12H23NO3/c1-5-11(15)9(2)13-6-10(7-14)16-12(3,4)8-13/h9-10,14H,5-8H2,1-4H3. The Hall–Kier alpha value is -0.450. The highest BCUT2D eigenvalue weighted by Crippen LogP contribution is 2.22. The van der Waals surface area contributed by atoms with Gasteiger partial charge < -0.3 is 9.84 Å². The van der Waals surface area contributed by atoms with Crippen LogP contribution in [0.25, 0.3) is 0 Å². The summed E-state index contributed by atoms with van der Waals surface area (Å²) in [6.07, 6.45) is 0.374. The molecule has 16 heavy (non-hydrogen) atoms. The van der Waals surface area contributed by atoms with Gasteiger partial charge in [-0.3, -0.25) is 9.69 Å². The summed E-state index contributed by atoms with van der Waals surface area (Å²) < 4.78 is 5.71. The van der Waals surface area contributed by atoms with E-state index in [1.54, 1.807) is 0 Å². The summed E-state index contributed by atoms with van der Waals surface area (Å²) in [7, 11) is 0. The quantitative estimate of drug-likeness (QED) is 0.775. The van der Waals surface area contributed by atoms with E-state index in [2.05, 4.69) is 4.90 Å². The van der Waals surface area contributed by atoms with Crippen LogP contribution in [0.4, 0.5) is 0 Å². The third kappa shape index (κ3) is 3.27. The lowest BCUT2D eigenvalue weighted by atomic mass is 10.0. The molecule has 4 heteroatoms. The van der Waals surface area contributed by atoms with E-state index in [1.807, 2.05) is 27.7 Å². The van der Waals surface area contributed by atoms with Crippen molar-refractivity contribution in [3.63, 3.8) is 0 Å². The molecule has 94 valence electrons. The number of carbonyl (C=O) groups is 1. The van der Waals surface area contributed by atoms with E-state index in [-0.39, 0.29) is 30.1 Å². The summed E-state index contributed by atoms with van der Waals surface area (Å²) >= 11 is 0. The minimum absolute atomic E-state index is 0.00691. The average molecular weight is 229 g/mol. The molecule has 1 rings (SSSR count). The molecular formula is C12H23NO3. The SMILES string of the molecule is CCC(=O)C(C)N1CC(CO)OC(C)(C)C1. The van der Waals surface area contributed by atoms with Crippen molar-refractivity contribution in [2.45, 2.75) is 51.9 Å². The monoisotopic (exact) mass is 229 g/mol. The zero-order chi connectivity index (χ0) is 12.3. The van der Waals surface area contributed by atoms with E-state index in [0.29, 0.717) is 13.0 Å². The number of aliphatic hydroxyl groups excluding tert-OH is 1. The minimum Gasteiger partial charge on any atom is -0.394 e. The van der Waals surface area contributed by atoms with Gasteiger partial charge in [0.15, 0.2) is 0 Å². The van der Waals surface area contributed by atoms with Gasteiger partial charge in [-0.25, -0.2) is 0 Å². The van der Waals surface area contributed by atoms with E-state index in [0.717, 1.165) is 6.54 Å². The summed E-state index contributed by atoms with van der Waals surface area (Å²) in [5.74, 6) is 0.245. The van der Waals surface area contributed by atoms with Crippen molar-refractivity contribution in [2.75, 3.05) is 19.7 Å². The number of ketones is 1. The van der Waals surface area contributed by atoms with Crippen LogP contribution in [0.5, 0.6) is 0 Å². The Bertz CT molecular complexity index is 253. The Kier molecular flexibility index (Phi) is 4.47. The number of carbonyl (C=O) groups excluding carboxylic acids is 1. The Morgan fingerprint density at radius 1 is 1.62 bits per heavy atom. The molecule has 0 amide bonds. The lowest BCUT2D eigenvalue weighted by Crippen LogP contribution is -2.57. The van der Waals surface area contributed by atoms with E-state index in [4.69, 9.17) is 4.74 Å². The topological polar surface area (TPSA) is 49.8 Å². The predicted molar refractivity (Wildman–Crippen MR) is 62.4 cm³/mol. The van der Waals surface area contributed by atoms with E-state index < -0.39 is 0 Å². The molecule has 2 atom stereocenters. The molecule has 1 saturated heterocycles. The molecule has 0 aromatic rings. The molecule has 0 radical (unpaired) electrons. The molecule has 0 aromatic carbocycles. The van der Waals surface area contributed by atoms with Gasteiger partial charge in [-0.15, -0.1) is 0 Å². The van der Waals surface area contributed by atoms with Crippen molar-refractivity contribution in [2.24, 2.45) is 0 Å². The first-order chi connectivity index (χ1) is 7.39. The molecule has 0 aromatic heterocycles. The number of nitrogens with zero attached hydrogens (tertiary/aromatic N) is 1. The molecule has 1 aliphatic rings. The molecule has 4 nitrogen and oxygen atoms in total. The fraction of sp³-hybridized carbons (Fsp3) is 0.917. The van der Waals surface area contributed by atoms with E-state index >= 15 is 0 Å². The molecule has 2 unspecified atom stereocenters. The van der Waals surface area contributed by atoms with Crippen LogP contribution in [0.2, 0.25) is 0 Å². The Balaban J connectivity index is 2.69. The van der Waals surface area contributed by atoms with E-state index in [9.17, 15) is 9.90 Å². The number of hydrogen-bond acceptors (Lipinski definition) is 4. The first kappa shape index (κ1) is 13.6. The minimum atomic E-state index is -0.298. The van der Waals surface area contributed by atoms with Crippen molar-refractivity contribution in [3.8, 4) is 0 Å². The number of Topliss-reactive ketones (excluding diaryl/α,β-unsaturated/α-hetero) is 1. The average Bonchev–Trinajstić information content (AvgIpc) is 2.24. The van der Waals surface area contributed by atoms with Crippen molar-refractivity contribution in [1.82, 2.24) is 4.90 Å². The molecule has 1 fully saturated rings. The Morgan fingerprint density at radius 3 is 2.75 bits per heavy atom. The van der Waals surface area contributed by atoms with Crippen molar-refractivity contribution >= 4 is 5.78 Å². The Labute approximate surface area is 97.6 Å². The Morgan fingerprint density at radius 2 is 2.25 bits per heavy atom. The van der Waals surface area contributed by atoms with Gasteiger partial charge >= 0.3 is 0 Å². The molecule has 0 bridgehead atoms. The van der Waals surface area contributed by atoms with Crippen LogP contribution in [0.15, 0.2) is 0 Å². The van der Waals surface area contributed by atoms with Gasteiger partial charge in [-0.05, 0) is 20.8 Å². The lowest BCUT2D eigenvalue weighted by Gasteiger charge is -2.44. The van der Waals surface area contributed by atoms with Crippen molar-refractivity contribution < 1.29 is 14.6 Å². The van der Waals surface area contributed by atoms with Crippen LogP contribution in [0.1, 0.15) is 34.1 Å². The fourth-order valence-electron chi connectivity index (χ4n) is 2.23. The summed E-state index contributed by atoms with van der Waals surface area (Å²) in [5, 5.41) is 9.18. The molecule has 1 aliphatic heterocycles. The van der Waals surface area contributed by atoms with Gasteiger partial charge in [-0.2, -0.15) is 0 Å². The predicted octanol–water partition coefficient (Wildman–Crippen LogP) is 0.826. The van der Waals surface area contributed by atoms with Crippen LogP contribution in [0, 0.1) is 0 Å². The third-order valence-corrected chi connectivity index (χ3v) is 3.07.